The van der Waals surface area contributed by atoms with Crippen LogP contribution in [-0.4, -0.2) is 36.5 Å². The second-order valence-corrected chi connectivity index (χ2v) is 7.20. The van der Waals surface area contributed by atoms with Crippen LogP contribution in [0.25, 0.3) is 0 Å². The number of rotatable bonds is 7. The molecule has 134 valence electrons. The molecule has 2 rings (SSSR count). The Balaban J connectivity index is 2.16. The Kier molecular flexibility index (Phi) is 6.22. The van der Waals surface area contributed by atoms with Crippen LogP contribution in [0.5, 0.6) is 0 Å². The molecular formula is C17H21FN4O2S. The van der Waals surface area contributed by atoms with E-state index in [1.54, 1.807) is 39.0 Å². The lowest BCUT2D eigenvalue weighted by Gasteiger charge is -2.18. The van der Waals surface area contributed by atoms with Gasteiger partial charge in [-0.25, -0.2) is 17.8 Å². The summed E-state index contributed by atoms with van der Waals surface area (Å²) >= 11 is 0. The molecule has 1 aromatic heterocycles. The maximum Gasteiger partial charge on any atom is 0.244 e. The fraction of sp³-hybridized carbons (Fsp3) is 0.294. The van der Waals surface area contributed by atoms with Crippen LogP contribution in [0.4, 0.5) is 10.2 Å². The highest BCUT2D eigenvalue weighted by Gasteiger charge is 2.21. The van der Waals surface area contributed by atoms with Crippen LogP contribution < -0.4 is 5.43 Å². The van der Waals surface area contributed by atoms with Crippen molar-refractivity contribution in [3.05, 3.63) is 54.0 Å². The number of pyridine rings is 1. The second-order valence-electron chi connectivity index (χ2n) is 5.26. The van der Waals surface area contributed by atoms with Gasteiger partial charge in [0.05, 0.1) is 5.71 Å². The minimum absolute atomic E-state index is 0.122. The fourth-order valence-electron chi connectivity index (χ4n) is 2.27. The minimum Gasteiger partial charge on any atom is -0.261 e. The highest BCUT2D eigenvalue weighted by atomic mass is 32.2. The van der Waals surface area contributed by atoms with E-state index in [9.17, 15) is 12.8 Å². The number of halogens is 1. The topological polar surface area (TPSA) is 74.7 Å². The van der Waals surface area contributed by atoms with Crippen LogP contribution in [0.1, 0.15) is 26.3 Å². The first kappa shape index (κ1) is 19.0. The van der Waals surface area contributed by atoms with E-state index in [2.05, 4.69) is 15.5 Å². The molecule has 1 N–H and O–H groups in total. The molecule has 1 heterocycles. The molecule has 8 heteroatoms. The minimum atomic E-state index is -3.54. The van der Waals surface area contributed by atoms with E-state index in [0.717, 1.165) is 0 Å². The number of hydrogen-bond acceptors (Lipinski definition) is 5. The van der Waals surface area contributed by atoms with Gasteiger partial charge in [-0.15, -0.1) is 0 Å². The highest BCUT2D eigenvalue weighted by Crippen LogP contribution is 2.16. The van der Waals surface area contributed by atoms with E-state index < -0.39 is 10.0 Å². The van der Waals surface area contributed by atoms with E-state index >= 15 is 0 Å². The lowest BCUT2D eigenvalue weighted by Crippen LogP contribution is -2.30. The molecule has 0 saturated heterocycles. The number of anilines is 1. The number of sulfonamides is 1. The highest BCUT2D eigenvalue weighted by molar-refractivity contribution is 7.89. The number of hydrogen-bond donors (Lipinski definition) is 1. The van der Waals surface area contributed by atoms with Gasteiger partial charge >= 0.3 is 0 Å². The van der Waals surface area contributed by atoms with Crippen LogP contribution in [0, 0.1) is 5.82 Å². The van der Waals surface area contributed by atoms with Crippen LogP contribution in [0.2, 0.25) is 0 Å². The fourth-order valence-corrected chi connectivity index (χ4v) is 3.67. The molecule has 6 nitrogen and oxygen atoms in total. The summed E-state index contributed by atoms with van der Waals surface area (Å²) in [4.78, 5) is 4.19. The van der Waals surface area contributed by atoms with Crippen molar-refractivity contribution in [3.63, 3.8) is 0 Å². The normalized spacial score (nSPS) is 12.4. The predicted octanol–water partition coefficient (Wildman–Crippen LogP) is 3.09. The first-order chi connectivity index (χ1) is 11.9. The van der Waals surface area contributed by atoms with Crippen LogP contribution in [0.3, 0.4) is 0 Å². The smallest absolute Gasteiger partial charge is 0.244 e. The number of benzene rings is 1. The molecule has 0 aliphatic carbocycles. The number of nitrogens with zero attached hydrogens (tertiary/aromatic N) is 3. The molecule has 0 saturated carbocycles. The van der Waals surface area contributed by atoms with Gasteiger partial charge < -0.3 is 0 Å². The standard InChI is InChI=1S/C17H21FN4O2S/c1-4-22(5-2)25(23,24)14-10-11-17(19-12-14)21-20-13(3)15-8-6-7-9-16(15)18/h6-12H,4-5H2,1-3H3,(H,19,21). The lowest BCUT2D eigenvalue weighted by atomic mass is 10.1. The zero-order valence-electron chi connectivity index (χ0n) is 14.4. The Morgan fingerprint density at radius 1 is 1.20 bits per heavy atom. The Morgan fingerprint density at radius 3 is 2.44 bits per heavy atom. The molecule has 0 spiro atoms. The van der Waals surface area contributed by atoms with Crippen molar-refractivity contribution < 1.29 is 12.8 Å². The Labute approximate surface area is 147 Å². The summed E-state index contributed by atoms with van der Waals surface area (Å²) in [5.41, 5.74) is 3.55. The predicted molar refractivity (Wildman–Crippen MR) is 96.6 cm³/mol. The average molecular weight is 364 g/mol. The largest absolute Gasteiger partial charge is 0.261 e. The van der Waals surface area contributed by atoms with E-state index in [4.69, 9.17) is 0 Å². The molecule has 0 fully saturated rings. The Bertz CT molecular complexity index is 847. The monoisotopic (exact) mass is 364 g/mol. The maximum atomic E-state index is 13.7. The molecular weight excluding hydrogens is 343 g/mol. The lowest BCUT2D eigenvalue weighted by molar-refractivity contribution is 0.445. The van der Waals surface area contributed by atoms with Gasteiger partial charge in [0.15, 0.2) is 0 Å². The summed E-state index contributed by atoms with van der Waals surface area (Å²) in [7, 11) is -3.54. The summed E-state index contributed by atoms with van der Waals surface area (Å²) in [6.45, 7) is 6.02. The molecule has 0 bridgehead atoms. The zero-order chi connectivity index (χ0) is 18.4. The van der Waals surface area contributed by atoms with Gasteiger partial charge in [-0.3, -0.25) is 5.43 Å². The van der Waals surface area contributed by atoms with Gasteiger partial charge in [0.25, 0.3) is 0 Å². The van der Waals surface area contributed by atoms with Gasteiger partial charge in [-0.2, -0.15) is 9.41 Å². The van der Waals surface area contributed by atoms with Crippen molar-refractivity contribution in [2.45, 2.75) is 25.7 Å². The quantitative estimate of drug-likeness (QED) is 0.605. The van der Waals surface area contributed by atoms with Gasteiger partial charge in [-0.05, 0) is 25.1 Å². The van der Waals surface area contributed by atoms with Gasteiger partial charge in [0, 0.05) is 24.8 Å². The van der Waals surface area contributed by atoms with Crippen molar-refractivity contribution in [2.75, 3.05) is 18.5 Å². The van der Waals surface area contributed by atoms with Gasteiger partial charge in [0.1, 0.15) is 16.5 Å². The molecule has 0 aliphatic rings. The van der Waals surface area contributed by atoms with Crippen molar-refractivity contribution in [1.82, 2.24) is 9.29 Å². The second kappa shape index (κ2) is 8.17. The Hall–Kier alpha value is -2.32. The SMILES string of the molecule is CCN(CC)S(=O)(=O)c1ccc(NN=C(C)c2ccccc2F)nc1. The number of nitrogens with one attached hydrogen (secondary N) is 1. The van der Waals surface area contributed by atoms with Crippen LogP contribution >= 0.6 is 0 Å². The molecule has 25 heavy (non-hydrogen) atoms. The van der Waals surface area contributed by atoms with E-state index in [1.165, 1.54) is 28.7 Å². The number of hydrazone groups is 1. The van der Waals surface area contributed by atoms with Crippen molar-refractivity contribution in [1.29, 1.82) is 0 Å². The van der Waals surface area contributed by atoms with E-state index in [-0.39, 0.29) is 10.7 Å². The molecule has 2 aromatic rings. The van der Waals surface area contributed by atoms with Crippen LogP contribution in [0.15, 0.2) is 52.6 Å². The molecule has 0 atom stereocenters. The molecule has 0 amide bonds. The summed E-state index contributed by atoms with van der Waals surface area (Å²) < 4.78 is 39.8. The third kappa shape index (κ3) is 4.40. The summed E-state index contributed by atoms with van der Waals surface area (Å²) in [6, 6.07) is 9.31. The van der Waals surface area contributed by atoms with Gasteiger partial charge in [-0.1, -0.05) is 32.0 Å². The maximum absolute atomic E-state index is 13.7. The van der Waals surface area contributed by atoms with Crippen LogP contribution in [-0.2, 0) is 10.0 Å². The Morgan fingerprint density at radius 2 is 1.88 bits per heavy atom. The average Bonchev–Trinajstić information content (AvgIpc) is 2.61. The zero-order valence-corrected chi connectivity index (χ0v) is 15.2. The van der Waals surface area contributed by atoms with E-state index in [1.807, 2.05) is 0 Å². The third-order valence-electron chi connectivity index (χ3n) is 3.68. The molecule has 0 aliphatic heterocycles. The van der Waals surface area contributed by atoms with Crippen molar-refractivity contribution >= 4 is 21.6 Å². The first-order valence-corrected chi connectivity index (χ1v) is 9.35. The van der Waals surface area contributed by atoms with Crippen molar-refractivity contribution in [2.24, 2.45) is 5.10 Å². The summed E-state index contributed by atoms with van der Waals surface area (Å²) in [5.74, 6) is 0.00774. The molecule has 1 aromatic carbocycles. The number of aromatic nitrogens is 1. The third-order valence-corrected chi connectivity index (χ3v) is 5.71. The first-order valence-electron chi connectivity index (χ1n) is 7.91. The molecule has 0 radical (unpaired) electrons. The van der Waals surface area contributed by atoms with Gasteiger partial charge in [0.2, 0.25) is 10.0 Å². The summed E-state index contributed by atoms with van der Waals surface area (Å²) in [5, 5.41) is 4.09. The van der Waals surface area contributed by atoms with E-state index in [0.29, 0.717) is 30.2 Å². The van der Waals surface area contributed by atoms with Crippen molar-refractivity contribution in [3.8, 4) is 0 Å². The molecule has 0 unspecified atom stereocenters. The summed E-state index contributed by atoms with van der Waals surface area (Å²) in [6.07, 6.45) is 1.28.